The zero-order valence-corrected chi connectivity index (χ0v) is 11.6. The number of carbonyl (C=O) groups is 2. The highest BCUT2D eigenvalue weighted by molar-refractivity contribution is 6.30. The van der Waals surface area contributed by atoms with Crippen LogP contribution in [0.25, 0.3) is 0 Å². The Hall–Kier alpha value is -2.47. The first-order valence-corrected chi connectivity index (χ1v) is 6.39. The number of hydrogen-bond acceptors (Lipinski definition) is 4. The highest BCUT2D eigenvalue weighted by atomic mass is 35.5. The Balaban J connectivity index is 1.78. The molecule has 0 spiro atoms. The van der Waals surface area contributed by atoms with Gasteiger partial charge in [-0.2, -0.15) is 0 Å². The average molecular weight is 310 g/mol. The fourth-order valence-electron chi connectivity index (χ4n) is 1.53. The molecule has 0 aliphatic heterocycles. The Morgan fingerprint density at radius 1 is 1.29 bits per heavy atom. The van der Waals surface area contributed by atoms with Gasteiger partial charge in [-0.15, -0.1) is 0 Å². The molecule has 0 aliphatic carbocycles. The van der Waals surface area contributed by atoms with Crippen LogP contribution >= 0.6 is 11.6 Å². The maximum atomic E-state index is 11.6. The monoisotopic (exact) mass is 309 g/mol. The van der Waals surface area contributed by atoms with Crippen molar-refractivity contribution in [1.29, 1.82) is 0 Å². The Kier molecular flexibility index (Phi) is 4.84. The van der Waals surface area contributed by atoms with Crippen molar-refractivity contribution < 1.29 is 23.8 Å². The summed E-state index contributed by atoms with van der Waals surface area (Å²) in [4.78, 5) is 22.2. The second-order valence-electron chi connectivity index (χ2n) is 4.09. The number of amides is 1. The fourth-order valence-corrected chi connectivity index (χ4v) is 1.71. The van der Waals surface area contributed by atoms with Crippen LogP contribution in [0.4, 0.5) is 0 Å². The SMILES string of the molecule is O=C(COc1cccc(Cl)c1)NCc1ccc(C(=O)O)o1. The smallest absolute Gasteiger partial charge is 0.371 e. The molecule has 0 fully saturated rings. The molecule has 1 aromatic heterocycles. The van der Waals surface area contributed by atoms with Crippen molar-refractivity contribution in [2.75, 3.05) is 6.61 Å². The van der Waals surface area contributed by atoms with Gasteiger partial charge in [0.05, 0.1) is 6.54 Å². The Morgan fingerprint density at radius 3 is 2.76 bits per heavy atom. The molecule has 0 radical (unpaired) electrons. The number of aromatic carboxylic acids is 1. The number of halogens is 1. The van der Waals surface area contributed by atoms with Gasteiger partial charge in [0.2, 0.25) is 5.76 Å². The predicted octanol–water partition coefficient (Wildman–Crippen LogP) is 2.33. The Morgan fingerprint density at radius 2 is 2.10 bits per heavy atom. The summed E-state index contributed by atoms with van der Waals surface area (Å²) in [6, 6.07) is 9.51. The summed E-state index contributed by atoms with van der Waals surface area (Å²) >= 11 is 5.79. The molecule has 0 saturated carbocycles. The minimum atomic E-state index is -1.16. The number of nitrogens with one attached hydrogen (secondary N) is 1. The molecule has 1 amide bonds. The standard InChI is InChI=1S/C14H12ClNO5/c15-9-2-1-3-10(6-9)20-8-13(17)16-7-11-4-5-12(21-11)14(18)19/h1-6H,7-8H2,(H,16,17)(H,18,19). The van der Waals surface area contributed by atoms with Crippen LogP contribution in [0.15, 0.2) is 40.8 Å². The summed E-state index contributed by atoms with van der Waals surface area (Å²) in [6.07, 6.45) is 0. The summed E-state index contributed by atoms with van der Waals surface area (Å²) < 4.78 is 10.3. The van der Waals surface area contributed by atoms with E-state index in [4.69, 9.17) is 25.9 Å². The number of carboxylic acids is 1. The van der Waals surface area contributed by atoms with Crippen molar-refractivity contribution in [2.45, 2.75) is 6.54 Å². The molecule has 1 aromatic carbocycles. The van der Waals surface area contributed by atoms with Gasteiger partial charge in [-0.25, -0.2) is 4.79 Å². The highest BCUT2D eigenvalue weighted by Crippen LogP contribution is 2.16. The number of benzene rings is 1. The third-order valence-electron chi connectivity index (χ3n) is 2.50. The molecule has 2 rings (SSSR count). The molecule has 2 N–H and O–H groups in total. The molecular weight excluding hydrogens is 298 g/mol. The minimum Gasteiger partial charge on any atom is -0.484 e. The zero-order valence-electron chi connectivity index (χ0n) is 10.8. The first-order valence-electron chi connectivity index (χ1n) is 6.01. The van der Waals surface area contributed by atoms with Crippen molar-refractivity contribution in [3.05, 3.63) is 52.9 Å². The molecule has 2 aromatic rings. The number of furan rings is 1. The number of ether oxygens (including phenoxy) is 1. The Bertz CT molecular complexity index is 652. The second kappa shape index (κ2) is 6.81. The predicted molar refractivity (Wildman–Crippen MR) is 74.5 cm³/mol. The van der Waals surface area contributed by atoms with Gasteiger partial charge < -0.3 is 19.6 Å². The van der Waals surface area contributed by atoms with Crippen molar-refractivity contribution in [3.63, 3.8) is 0 Å². The van der Waals surface area contributed by atoms with Crippen LogP contribution < -0.4 is 10.1 Å². The fraction of sp³-hybridized carbons (Fsp3) is 0.143. The average Bonchev–Trinajstić information content (AvgIpc) is 2.92. The normalized spacial score (nSPS) is 10.1. The summed E-state index contributed by atoms with van der Waals surface area (Å²) in [5.41, 5.74) is 0. The third kappa shape index (κ3) is 4.54. The number of carboxylic acid groups (broad SMARTS) is 1. The number of carbonyl (C=O) groups excluding carboxylic acids is 1. The van der Waals surface area contributed by atoms with E-state index in [1.807, 2.05) is 0 Å². The second-order valence-corrected chi connectivity index (χ2v) is 4.53. The molecule has 21 heavy (non-hydrogen) atoms. The van der Waals surface area contributed by atoms with E-state index in [2.05, 4.69) is 5.32 Å². The summed E-state index contributed by atoms with van der Waals surface area (Å²) in [5.74, 6) is -0.845. The molecule has 0 atom stereocenters. The Labute approximate surface area is 125 Å². The van der Waals surface area contributed by atoms with Crippen LogP contribution in [-0.2, 0) is 11.3 Å². The van der Waals surface area contributed by atoms with E-state index in [1.54, 1.807) is 24.3 Å². The van der Waals surface area contributed by atoms with Gasteiger partial charge >= 0.3 is 5.97 Å². The van der Waals surface area contributed by atoms with Crippen molar-refractivity contribution in [2.24, 2.45) is 0 Å². The van der Waals surface area contributed by atoms with E-state index in [-0.39, 0.29) is 24.8 Å². The van der Waals surface area contributed by atoms with Crippen LogP contribution in [0, 0.1) is 0 Å². The van der Waals surface area contributed by atoms with Crippen molar-refractivity contribution in [1.82, 2.24) is 5.32 Å². The quantitative estimate of drug-likeness (QED) is 0.855. The van der Waals surface area contributed by atoms with Crippen LogP contribution in [0.1, 0.15) is 16.3 Å². The van der Waals surface area contributed by atoms with Gasteiger partial charge in [-0.05, 0) is 30.3 Å². The van der Waals surface area contributed by atoms with Crippen molar-refractivity contribution in [3.8, 4) is 5.75 Å². The maximum Gasteiger partial charge on any atom is 0.371 e. The summed E-state index contributed by atoms with van der Waals surface area (Å²) in [5, 5.41) is 11.8. The van der Waals surface area contributed by atoms with Gasteiger partial charge in [-0.1, -0.05) is 17.7 Å². The zero-order chi connectivity index (χ0) is 15.2. The van der Waals surface area contributed by atoms with E-state index in [0.717, 1.165) is 0 Å². The first kappa shape index (κ1) is 14.9. The van der Waals surface area contributed by atoms with Gasteiger partial charge in [0.25, 0.3) is 5.91 Å². The van der Waals surface area contributed by atoms with Crippen LogP contribution in [0.2, 0.25) is 5.02 Å². The lowest BCUT2D eigenvalue weighted by Crippen LogP contribution is -2.28. The van der Waals surface area contributed by atoms with Crippen molar-refractivity contribution >= 4 is 23.5 Å². The molecule has 0 bridgehead atoms. The number of rotatable bonds is 6. The van der Waals surface area contributed by atoms with E-state index < -0.39 is 5.97 Å². The van der Waals surface area contributed by atoms with Crippen LogP contribution in [0.3, 0.4) is 0 Å². The molecular formula is C14H12ClNO5. The minimum absolute atomic E-state index is 0.0883. The number of hydrogen-bond donors (Lipinski definition) is 2. The molecule has 0 unspecified atom stereocenters. The molecule has 110 valence electrons. The largest absolute Gasteiger partial charge is 0.484 e. The van der Waals surface area contributed by atoms with E-state index in [1.165, 1.54) is 12.1 Å². The van der Waals surface area contributed by atoms with Gasteiger partial charge in [0, 0.05) is 5.02 Å². The van der Waals surface area contributed by atoms with E-state index in [0.29, 0.717) is 16.5 Å². The van der Waals surface area contributed by atoms with Crippen LogP contribution in [0.5, 0.6) is 5.75 Å². The van der Waals surface area contributed by atoms with E-state index in [9.17, 15) is 9.59 Å². The summed E-state index contributed by atoms with van der Waals surface area (Å²) in [6.45, 7) is -0.0855. The van der Waals surface area contributed by atoms with Gasteiger partial charge in [-0.3, -0.25) is 4.79 Å². The lowest BCUT2D eigenvalue weighted by Gasteiger charge is -2.06. The van der Waals surface area contributed by atoms with Gasteiger partial charge in [0.1, 0.15) is 11.5 Å². The molecule has 7 heteroatoms. The lowest BCUT2D eigenvalue weighted by molar-refractivity contribution is -0.123. The molecule has 0 aliphatic rings. The topological polar surface area (TPSA) is 88.8 Å². The van der Waals surface area contributed by atoms with Crippen LogP contribution in [-0.4, -0.2) is 23.6 Å². The third-order valence-corrected chi connectivity index (χ3v) is 2.73. The molecule has 0 saturated heterocycles. The van der Waals surface area contributed by atoms with Gasteiger partial charge in [0.15, 0.2) is 6.61 Å². The molecule has 6 nitrogen and oxygen atoms in total. The first-order chi connectivity index (χ1) is 10.0. The highest BCUT2D eigenvalue weighted by Gasteiger charge is 2.10. The molecule has 1 heterocycles. The summed E-state index contributed by atoms with van der Waals surface area (Å²) in [7, 11) is 0. The maximum absolute atomic E-state index is 11.6. The van der Waals surface area contributed by atoms with E-state index >= 15 is 0 Å². The lowest BCUT2D eigenvalue weighted by atomic mass is 10.3.